The second-order valence-corrected chi connectivity index (χ2v) is 15.4. The summed E-state index contributed by atoms with van der Waals surface area (Å²) in [5.41, 5.74) is -0.638. The summed E-state index contributed by atoms with van der Waals surface area (Å²) in [6, 6.07) is 8.00. The standard InChI is InChI=1S/C21H39BO3SSi/c1-10-27(11-2,12-3)25-19(4,5)16-15-17-13-14-18(26-17)22-23-20(6,7)21(8,9)24-22/h13-14H,10-12,15-16H2,1-9H3. The third-order valence-electron chi connectivity index (χ3n) is 6.57. The van der Waals surface area contributed by atoms with E-state index in [0.717, 1.165) is 12.8 Å². The van der Waals surface area contributed by atoms with Gasteiger partial charge in [-0.1, -0.05) is 26.8 Å². The van der Waals surface area contributed by atoms with Gasteiger partial charge in [0.05, 0.1) is 16.8 Å². The molecule has 0 saturated carbocycles. The highest BCUT2D eigenvalue weighted by atomic mass is 32.1. The largest absolute Gasteiger partial charge is 0.505 e. The van der Waals surface area contributed by atoms with Crippen molar-refractivity contribution in [3.05, 3.63) is 17.0 Å². The lowest BCUT2D eigenvalue weighted by Gasteiger charge is -2.38. The summed E-state index contributed by atoms with van der Waals surface area (Å²) in [4.78, 5) is 1.38. The third-order valence-corrected chi connectivity index (χ3v) is 12.6. The van der Waals surface area contributed by atoms with Gasteiger partial charge in [0.1, 0.15) is 0 Å². The average Bonchev–Trinajstić information content (AvgIpc) is 3.13. The fourth-order valence-electron chi connectivity index (χ4n) is 3.64. The number of hydrogen-bond acceptors (Lipinski definition) is 4. The molecule has 1 aromatic heterocycles. The van der Waals surface area contributed by atoms with Crippen LogP contribution in [0.25, 0.3) is 0 Å². The first kappa shape index (κ1) is 23.1. The van der Waals surface area contributed by atoms with Crippen molar-refractivity contribution in [1.29, 1.82) is 0 Å². The molecule has 3 nitrogen and oxygen atoms in total. The second kappa shape index (κ2) is 8.31. The zero-order chi connectivity index (χ0) is 20.5. The maximum Gasteiger partial charge on any atom is 0.505 e. The Hall–Kier alpha value is -0.138. The Morgan fingerprint density at radius 1 is 1.00 bits per heavy atom. The topological polar surface area (TPSA) is 27.7 Å². The van der Waals surface area contributed by atoms with E-state index in [1.165, 1.54) is 27.8 Å². The van der Waals surface area contributed by atoms with Crippen LogP contribution in [-0.4, -0.2) is 32.2 Å². The molecule has 2 heterocycles. The summed E-state index contributed by atoms with van der Waals surface area (Å²) in [6.07, 6.45) is 2.09. The van der Waals surface area contributed by atoms with Crippen LogP contribution in [0.3, 0.4) is 0 Å². The predicted molar refractivity (Wildman–Crippen MR) is 121 cm³/mol. The van der Waals surface area contributed by atoms with E-state index < -0.39 is 8.32 Å². The minimum Gasteiger partial charge on any atom is -0.412 e. The van der Waals surface area contributed by atoms with Crippen molar-refractivity contribution in [3.63, 3.8) is 0 Å². The summed E-state index contributed by atoms with van der Waals surface area (Å²) >= 11 is 1.81. The Balaban J connectivity index is 1.98. The predicted octanol–water partition coefficient (Wildman–Crippen LogP) is 5.78. The van der Waals surface area contributed by atoms with E-state index >= 15 is 0 Å². The molecule has 1 saturated heterocycles. The Bertz CT molecular complexity index is 598. The lowest BCUT2D eigenvalue weighted by molar-refractivity contribution is 0.00578. The summed E-state index contributed by atoms with van der Waals surface area (Å²) in [6.45, 7) is 19.8. The molecule has 0 aliphatic carbocycles. The van der Waals surface area contributed by atoms with E-state index in [2.05, 4.69) is 74.4 Å². The van der Waals surface area contributed by atoms with Crippen molar-refractivity contribution in [2.75, 3.05) is 0 Å². The molecule has 1 fully saturated rings. The Kier molecular flexibility index (Phi) is 7.12. The highest BCUT2D eigenvalue weighted by molar-refractivity contribution is 7.22. The maximum absolute atomic E-state index is 6.75. The molecule has 6 heteroatoms. The van der Waals surface area contributed by atoms with E-state index in [9.17, 15) is 0 Å². The van der Waals surface area contributed by atoms with Crippen LogP contribution in [0.2, 0.25) is 18.1 Å². The first-order valence-electron chi connectivity index (χ1n) is 10.5. The van der Waals surface area contributed by atoms with E-state index in [0.29, 0.717) is 0 Å². The zero-order valence-electron chi connectivity index (χ0n) is 18.9. The van der Waals surface area contributed by atoms with Crippen LogP contribution in [0.15, 0.2) is 12.1 Å². The highest BCUT2D eigenvalue weighted by Gasteiger charge is 2.52. The molecule has 0 amide bonds. The minimum atomic E-state index is -1.58. The maximum atomic E-state index is 6.75. The fourth-order valence-corrected chi connectivity index (χ4v) is 7.82. The molecule has 1 aromatic rings. The average molecular weight is 411 g/mol. The van der Waals surface area contributed by atoms with Gasteiger partial charge in [0.15, 0.2) is 8.32 Å². The number of thiophene rings is 1. The normalized spacial score (nSPS) is 19.7. The van der Waals surface area contributed by atoms with Gasteiger partial charge in [-0.05, 0) is 78.6 Å². The zero-order valence-corrected chi connectivity index (χ0v) is 20.7. The van der Waals surface area contributed by atoms with Crippen LogP contribution < -0.4 is 4.78 Å². The molecule has 0 bridgehead atoms. The Morgan fingerprint density at radius 3 is 2.00 bits per heavy atom. The first-order chi connectivity index (χ1) is 12.4. The Labute approximate surface area is 172 Å². The van der Waals surface area contributed by atoms with Crippen molar-refractivity contribution in [1.82, 2.24) is 0 Å². The van der Waals surface area contributed by atoms with Crippen LogP contribution in [-0.2, 0) is 20.2 Å². The first-order valence-corrected chi connectivity index (χ1v) is 13.9. The summed E-state index contributed by atoms with van der Waals surface area (Å²) in [7, 11) is -1.83. The quantitative estimate of drug-likeness (QED) is 0.483. The van der Waals surface area contributed by atoms with Gasteiger partial charge in [0.25, 0.3) is 0 Å². The molecule has 0 atom stereocenters. The van der Waals surface area contributed by atoms with E-state index in [1.54, 1.807) is 0 Å². The summed E-state index contributed by atoms with van der Waals surface area (Å²) in [5.74, 6) is 0. The van der Waals surface area contributed by atoms with Gasteiger partial charge in [0, 0.05) is 9.65 Å². The molecule has 0 radical (unpaired) electrons. The molecule has 0 N–H and O–H groups in total. The van der Waals surface area contributed by atoms with Crippen molar-refractivity contribution in [2.24, 2.45) is 0 Å². The van der Waals surface area contributed by atoms with Gasteiger partial charge < -0.3 is 13.7 Å². The number of hydrogen-bond donors (Lipinski definition) is 0. The SMILES string of the molecule is CC[Si](CC)(CC)OC(C)(C)CCc1ccc(B2OC(C)(C)C(C)(C)O2)s1. The van der Waals surface area contributed by atoms with Gasteiger partial charge >= 0.3 is 7.12 Å². The molecule has 154 valence electrons. The number of aryl methyl sites for hydroxylation is 1. The van der Waals surface area contributed by atoms with Crippen LogP contribution in [0.5, 0.6) is 0 Å². The molecular weight excluding hydrogens is 371 g/mol. The molecule has 1 aliphatic heterocycles. The third kappa shape index (κ3) is 5.27. The molecule has 0 aromatic carbocycles. The monoisotopic (exact) mass is 410 g/mol. The smallest absolute Gasteiger partial charge is 0.412 e. The van der Waals surface area contributed by atoms with Crippen molar-refractivity contribution in [2.45, 2.75) is 110 Å². The summed E-state index contributed by atoms with van der Waals surface area (Å²) < 4.78 is 20.3. The molecule has 0 spiro atoms. The van der Waals surface area contributed by atoms with Gasteiger partial charge in [-0.2, -0.15) is 0 Å². The van der Waals surface area contributed by atoms with Gasteiger partial charge in [-0.25, -0.2) is 0 Å². The van der Waals surface area contributed by atoms with Crippen LogP contribution in [0, 0.1) is 0 Å². The van der Waals surface area contributed by atoms with Crippen LogP contribution in [0.4, 0.5) is 0 Å². The molecule has 0 unspecified atom stereocenters. The van der Waals surface area contributed by atoms with Crippen molar-refractivity contribution >= 4 is 31.5 Å². The second-order valence-electron chi connectivity index (χ2n) is 9.50. The van der Waals surface area contributed by atoms with Crippen LogP contribution >= 0.6 is 11.3 Å². The lowest BCUT2D eigenvalue weighted by atomic mass is 9.88. The molecule has 27 heavy (non-hydrogen) atoms. The van der Waals surface area contributed by atoms with E-state index in [1.807, 2.05) is 11.3 Å². The van der Waals surface area contributed by atoms with E-state index in [4.69, 9.17) is 13.7 Å². The molecule has 2 rings (SSSR count). The van der Waals surface area contributed by atoms with Crippen LogP contribution in [0.1, 0.15) is 73.6 Å². The molecule has 1 aliphatic rings. The van der Waals surface area contributed by atoms with Crippen molar-refractivity contribution < 1.29 is 13.7 Å². The van der Waals surface area contributed by atoms with Gasteiger partial charge in [-0.15, -0.1) is 11.3 Å². The fraction of sp³-hybridized carbons (Fsp3) is 0.810. The minimum absolute atomic E-state index is 0.0667. The van der Waals surface area contributed by atoms with Crippen molar-refractivity contribution in [3.8, 4) is 0 Å². The number of rotatable bonds is 9. The Morgan fingerprint density at radius 2 is 1.52 bits per heavy atom. The van der Waals surface area contributed by atoms with Gasteiger partial charge in [-0.3, -0.25) is 0 Å². The van der Waals surface area contributed by atoms with Gasteiger partial charge in [0.2, 0.25) is 0 Å². The highest BCUT2D eigenvalue weighted by Crippen LogP contribution is 2.37. The lowest BCUT2D eigenvalue weighted by Crippen LogP contribution is -2.44. The molecular formula is C21H39BO3SSi. The summed E-state index contributed by atoms with van der Waals surface area (Å²) in [5, 5.41) is 0. The van der Waals surface area contributed by atoms with E-state index in [-0.39, 0.29) is 23.9 Å².